The van der Waals surface area contributed by atoms with E-state index >= 15 is 0 Å². The van der Waals surface area contributed by atoms with Gasteiger partial charge >= 0.3 is 0 Å². The summed E-state index contributed by atoms with van der Waals surface area (Å²) in [5.74, 6) is 0.571. The predicted octanol–water partition coefficient (Wildman–Crippen LogP) is 3.04. The zero-order chi connectivity index (χ0) is 20.3. The maximum Gasteiger partial charge on any atom is 0.137 e. The molecular formula is C19H16ClFN6O2. The molecule has 148 valence electrons. The van der Waals surface area contributed by atoms with Gasteiger partial charge in [0.05, 0.1) is 18.1 Å². The van der Waals surface area contributed by atoms with Crippen LogP contribution in [0.25, 0.3) is 0 Å². The largest absolute Gasteiger partial charge is 0.457 e. The lowest BCUT2D eigenvalue weighted by Gasteiger charge is -2.29. The number of rotatable bonds is 7. The Morgan fingerprint density at radius 1 is 0.931 bits per heavy atom. The Morgan fingerprint density at radius 3 is 2.03 bits per heavy atom. The maximum atomic E-state index is 13.1. The monoisotopic (exact) mass is 414 g/mol. The lowest BCUT2D eigenvalue weighted by molar-refractivity contribution is -0.00533. The maximum absolute atomic E-state index is 13.1. The van der Waals surface area contributed by atoms with Gasteiger partial charge in [0.15, 0.2) is 0 Å². The van der Waals surface area contributed by atoms with Crippen molar-refractivity contribution in [1.29, 1.82) is 0 Å². The Labute approximate surface area is 170 Å². The molecule has 0 spiro atoms. The molecule has 0 fully saturated rings. The summed E-state index contributed by atoms with van der Waals surface area (Å²) in [6.45, 7) is 0.204. The fourth-order valence-corrected chi connectivity index (χ4v) is 3.31. The highest BCUT2D eigenvalue weighted by molar-refractivity contribution is 6.31. The molecule has 0 aliphatic rings. The molecule has 2 aromatic carbocycles. The first-order valence-corrected chi connectivity index (χ1v) is 9.00. The number of aliphatic hydroxyl groups is 1. The van der Waals surface area contributed by atoms with E-state index in [-0.39, 0.29) is 18.9 Å². The minimum absolute atomic E-state index is 0.102. The van der Waals surface area contributed by atoms with Crippen LogP contribution in [0.2, 0.25) is 5.02 Å². The standard InChI is InChI=1S/C19H16ClFN6O2/c20-18-7-16(29-15-3-1-14(21)2-4-15)5-6-17(18)19(28,8-26-12-22-10-24-26)9-27-13-23-11-25-27/h1-7,10-13,28H,8-9H2. The molecule has 0 aliphatic carbocycles. The first kappa shape index (κ1) is 19.0. The molecule has 8 nitrogen and oxygen atoms in total. The summed E-state index contributed by atoms with van der Waals surface area (Å²) in [6, 6.07) is 10.6. The molecule has 0 saturated carbocycles. The first-order chi connectivity index (χ1) is 14.0. The normalized spacial score (nSPS) is 11.6. The lowest BCUT2D eigenvalue weighted by Crippen LogP contribution is -2.37. The second kappa shape index (κ2) is 7.98. The molecule has 0 unspecified atom stereocenters. The molecule has 4 aromatic rings. The van der Waals surface area contributed by atoms with Gasteiger partial charge in [-0.2, -0.15) is 10.2 Å². The highest BCUT2D eigenvalue weighted by atomic mass is 35.5. The van der Waals surface area contributed by atoms with Crippen molar-refractivity contribution in [3.63, 3.8) is 0 Å². The van der Waals surface area contributed by atoms with E-state index in [4.69, 9.17) is 16.3 Å². The van der Waals surface area contributed by atoms with Crippen LogP contribution in [0.15, 0.2) is 67.8 Å². The number of benzene rings is 2. The van der Waals surface area contributed by atoms with Gasteiger partial charge in [0, 0.05) is 5.56 Å². The Hall–Kier alpha value is -3.30. The number of halogens is 2. The molecule has 0 atom stereocenters. The second-order valence-electron chi connectivity index (χ2n) is 6.42. The number of ether oxygens (including phenoxy) is 1. The van der Waals surface area contributed by atoms with Crippen molar-refractivity contribution in [2.24, 2.45) is 0 Å². The van der Waals surface area contributed by atoms with Gasteiger partial charge in [-0.1, -0.05) is 17.7 Å². The number of aromatic nitrogens is 6. The topological polar surface area (TPSA) is 90.9 Å². The van der Waals surface area contributed by atoms with Crippen LogP contribution in [0.5, 0.6) is 11.5 Å². The van der Waals surface area contributed by atoms with E-state index in [1.807, 2.05) is 0 Å². The molecule has 2 aromatic heterocycles. The smallest absolute Gasteiger partial charge is 0.137 e. The molecule has 0 aliphatic heterocycles. The Kier molecular flexibility index (Phi) is 5.24. The van der Waals surface area contributed by atoms with Gasteiger partial charge in [-0.15, -0.1) is 0 Å². The molecule has 1 N–H and O–H groups in total. The zero-order valence-corrected chi connectivity index (χ0v) is 15.8. The van der Waals surface area contributed by atoms with Crippen LogP contribution in [0, 0.1) is 5.82 Å². The zero-order valence-electron chi connectivity index (χ0n) is 15.1. The summed E-state index contributed by atoms with van der Waals surface area (Å²) in [5.41, 5.74) is -0.969. The fraction of sp³-hybridized carbons (Fsp3) is 0.158. The van der Waals surface area contributed by atoms with Crippen LogP contribution < -0.4 is 4.74 Å². The lowest BCUT2D eigenvalue weighted by atomic mass is 9.93. The molecular weight excluding hydrogens is 399 g/mol. The Bertz CT molecular complexity index is 1030. The predicted molar refractivity (Wildman–Crippen MR) is 102 cm³/mol. The highest BCUT2D eigenvalue weighted by Crippen LogP contribution is 2.35. The van der Waals surface area contributed by atoms with Crippen LogP contribution >= 0.6 is 11.6 Å². The van der Waals surface area contributed by atoms with Gasteiger partial charge in [-0.3, -0.25) is 0 Å². The SMILES string of the molecule is OC(Cn1cncn1)(Cn1cncn1)c1ccc(Oc2ccc(F)cc2)cc1Cl. The van der Waals surface area contributed by atoms with E-state index in [1.54, 1.807) is 18.2 Å². The van der Waals surface area contributed by atoms with Crippen molar-refractivity contribution in [3.8, 4) is 11.5 Å². The summed E-state index contributed by atoms with van der Waals surface area (Å²) in [5, 5.41) is 19.9. The number of hydrogen-bond donors (Lipinski definition) is 1. The summed E-state index contributed by atoms with van der Waals surface area (Å²) in [4.78, 5) is 7.83. The third-order valence-corrected chi connectivity index (χ3v) is 4.58. The number of nitrogens with zero attached hydrogens (tertiary/aromatic N) is 6. The van der Waals surface area contributed by atoms with Crippen LogP contribution in [0.3, 0.4) is 0 Å². The fourth-order valence-electron chi connectivity index (χ4n) is 2.96. The van der Waals surface area contributed by atoms with Crippen molar-refractivity contribution in [3.05, 3.63) is 84.2 Å². The van der Waals surface area contributed by atoms with Gasteiger partial charge in [-0.25, -0.2) is 23.7 Å². The second-order valence-corrected chi connectivity index (χ2v) is 6.82. The minimum atomic E-state index is -1.44. The van der Waals surface area contributed by atoms with Gasteiger partial charge in [0.2, 0.25) is 0 Å². The van der Waals surface area contributed by atoms with Crippen LogP contribution in [-0.4, -0.2) is 34.6 Å². The number of hydrogen-bond acceptors (Lipinski definition) is 6. The van der Waals surface area contributed by atoms with Crippen molar-refractivity contribution < 1.29 is 14.2 Å². The van der Waals surface area contributed by atoms with Crippen LogP contribution in [0.4, 0.5) is 4.39 Å². The highest BCUT2D eigenvalue weighted by Gasteiger charge is 2.34. The molecule has 4 rings (SSSR count). The van der Waals surface area contributed by atoms with Crippen LogP contribution in [0.1, 0.15) is 5.56 Å². The van der Waals surface area contributed by atoms with Crippen molar-refractivity contribution in [2.75, 3.05) is 0 Å². The van der Waals surface area contributed by atoms with Crippen molar-refractivity contribution in [2.45, 2.75) is 18.7 Å². The molecule has 2 heterocycles. The average molecular weight is 415 g/mol. The van der Waals surface area contributed by atoms with Gasteiger partial charge in [-0.05, 0) is 36.4 Å². The summed E-state index contributed by atoms with van der Waals surface area (Å²) >= 11 is 6.49. The van der Waals surface area contributed by atoms with E-state index in [9.17, 15) is 9.50 Å². The molecule has 10 heteroatoms. The third-order valence-electron chi connectivity index (χ3n) is 4.27. The molecule has 0 amide bonds. The first-order valence-electron chi connectivity index (χ1n) is 8.62. The molecule has 29 heavy (non-hydrogen) atoms. The quantitative estimate of drug-likeness (QED) is 0.500. The Morgan fingerprint density at radius 2 is 1.52 bits per heavy atom. The van der Waals surface area contributed by atoms with E-state index in [0.717, 1.165) is 0 Å². The summed E-state index contributed by atoms with van der Waals surface area (Å²) in [6.07, 6.45) is 5.78. The molecule has 0 saturated heterocycles. The average Bonchev–Trinajstić information content (AvgIpc) is 3.38. The van der Waals surface area contributed by atoms with Crippen molar-refractivity contribution >= 4 is 11.6 Å². The summed E-state index contributed by atoms with van der Waals surface area (Å²) in [7, 11) is 0. The van der Waals surface area contributed by atoms with E-state index in [2.05, 4.69) is 20.2 Å². The molecule has 0 bridgehead atoms. The van der Waals surface area contributed by atoms with E-state index in [0.29, 0.717) is 22.1 Å². The van der Waals surface area contributed by atoms with Crippen LogP contribution in [-0.2, 0) is 18.7 Å². The van der Waals surface area contributed by atoms with Gasteiger partial charge < -0.3 is 9.84 Å². The van der Waals surface area contributed by atoms with Gasteiger partial charge in [0.25, 0.3) is 0 Å². The van der Waals surface area contributed by atoms with E-state index < -0.39 is 5.60 Å². The molecule has 0 radical (unpaired) electrons. The van der Waals surface area contributed by atoms with Gasteiger partial charge in [0.1, 0.15) is 48.2 Å². The Balaban J connectivity index is 1.63. The summed E-state index contributed by atoms with van der Waals surface area (Å²) < 4.78 is 21.8. The third kappa shape index (κ3) is 4.41. The minimum Gasteiger partial charge on any atom is -0.457 e. The van der Waals surface area contributed by atoms with Crippen molar-refractivity contribution in [1.82, 2.24) is 29.5 Å². The van der Waals surface area contributed by atoms with E-state index in [1.165, 1.54) is 58.9 Å².